The number of sulfonamides is 1. The molecule has 0 unspecified atom stereocenters. The van der Waals surface area contributed by atoms with Crippen molar-refractivity contribution >= 4 is 15.7 Å². The van der Waals surface area contributed by atoms with Gasteiger partial charge in [0.1, 0.15) is 0 Å². The van der Waals surface area contributed by atoms with E-state index in [-0.39, 0.29) is 4.90 Å². The minimum absolute atomic E-state index is 0.255. The Kier molecular flexibility index (Phi) is 6.11. The first-order chi connectivity index (χ1) is 13.0. The summed E-state index contributed by atoms with van der Waals surface area (Å²) in [5.74, 6) is 0. The SMILES string of the molecule is CNS(=O)(=O)c1ccc(N(Cc2cccc(C#N)c2)C2CCNCC2)cc1. The molecule has 3 rings (SSSR count). The van der Waals surface area contributed by atoms with E-state index in [2.05, 4.69) is 21.0 Å². The van der Waals surface area contributed by atoms with Crippen molar-refractivity contribution in [2.45, 2.75) is 30.3 Å². The Labute approximate surface area is 160 Å². The van der Waals surface area contributed by atoms with Crippen LogP contribution < -0.4 is 14.9 Å². The molecule has 0 atom stereocenters. The fraction of sp³-hybridized carbons (Fsp3) is 0.350. The van der Waals surface area contributed by atoms with E-state index in [0.717, 1.165) is 37.2 Å². The Balaban J connectivity index is 1.91. The lowest BCUT2D eigenvalue weighted by Crippen LogP contribution is -2.43. The van der Waals surface area contributed by atoms with E-state index in [4.69, 9.17) is 5.26 Å². The average molecular weight is 385 g/mol. The van der Waals surface area contributed by atoms with Gasteiger partial charge in [-0.2, -0.15) is 5.26 Å². The van der Waals surface area contributed by atoms with Gasteiger partial charge in [0.2, 0.25) is 10.0 Å². The topological polar surface area (TPSA) is 85.2 Å². The second-order valence-corrected chi connectivity index (χ2v) is 8.51. The van der Waals surface area contributed by atoms with E-state index in [0.29, 0.717) is 18.2 Å². The molecule has 0 aromatic heterocycles. The lowest BCUT2D eigenvalue weighted by Gasteiger charge is -2.36. The number of hydrogen-bond donors (Lipinski definition) is 2. The summed E-state index contributed by atoms with van der Waals surface area (Å²) < 4.78 is 26.3. The second kappa shape index (κ2) is 8.53. The molecule has 1 fully saturated rings. The van der Waals surface area contributed by atoms with Crippen LogP contribution >= 0.6 is 0 Å². The molecule has 2 aromatic rings. The zero-order chi connectivity index (χ0) is 19.3. The maximum atomic E-state index is 12.0. The molecule has 0 amide bonds. The molecule has 1 aliphatic rings. The molecule has 2 aromatic carbocycles. The summed E-state index contributed by atoms with van der Waals surface area (Å²) in [5, 5.41) is 12.5. The molecular formula is C20H24N4O2S. The van der Waals surface area contributed by atoms with Crippen LogP contribution in [0.2, 0.25) is 0 Å². The Morgan fingerprint density at radius 3 is 2.52 bits per heavy atom. The third-order valence-corrected chi connectivity index (χ3v) is 6.34. The van der Waals surface area contributed by atoms with Gasteiger partial charge in [0, 0.05) is 18.3 Å². The number of piperidine rings is 1. The van der Waals surface area contributed by atoms with E-state index in [9.17, 15) is 8.42 Å². The number of benzene rings is 2. The van der Waals surface area contributed by atoms with Crippen molar-refractivity contribution in [1.29, 1.82) is 5.26 Å². The van der Waals surface area contributed by atoms with Crippen LogP contribution in [0.25, 0.3) is 0 Å². The zero-order valence-electron chi connectivity index (χ0n) is 15.4. The summed E-state index contributed by atoms with van der Waals surface area (Å²) in [4.78, 5) is 2.57. The summed E-state index contributed by atoms with van der Waals surface area (Å²) in [6, 6.07) is 17.2. The lowest BCUT2D eigenvalue weighted by molar-refractivity contribution is 0.428. The highest BCUT2D eigenvalue weighted by Gasteiger charge is 2.22. The highest BCUT2D eigenvalue weighted by Crippen LogP contribution is 2.26. The first kappa shape index (κ1) is 19.4. The van der Waals surface area contributed by atoms with Gasteiger partial charge in [0.25, 0.3) is 0 Å². The summed E-state index contributed by atoms with van der Waals surface area (Å²) >= 11 is 0. The number of anilines is 1. The summed E-state index contributed by atoms with van der Waals surface area (Å²) in [7, 11) is -2.04. The first-order valence-electron chi connectivity index (χ1n) is 9.03. The lowest BCUT2D eigenvalue weighted by atomic mass is 10.0. The first-order valence-corrected chi connectivity index (χ1v) is 10.5. The van der Waals surface area contributed by atoms with Crippen molar-refractivity contribution < 1.29 is 8.42 Å². The maximum Gasteiger partial charge on any atom is 0.240 e. The molecule has 0 radical (unpaired) electrons. The van der Waals surface area contributed by atoms with Gasteiger partial charge < -0.3 is 10.2 Å². The van der Waals surface area contributed by atoms with Crippen LogP contribution in [-0.4, -0.2) is 34.6 Å². The van der Waals surface area contributed by atoms with E-state index >= 15 is 0 Å². The van der Waals surface area contributed by atoms with E-state index in [1.165, 1.54) is 7.05 Å². The van der Waals surface area contributed by atoms with Gasteiger partial charge in [-0.05, 0) is 74.9 Å². The summed E-state index contributed by atoms with van der Waals surface area (Å²) in [5.41, 5.74) is 2.70. The van der Waals surface area contributed by atoms with Gasteiger partial charge in [-0.15, -0.1) is 0 Å². The van der Waals surface area contributed by atoms with Crippen LogP contribution in [0.3, 0.4) is 0 Å². The number of hydrogen-bond acceptors (Lipinski definition) is 5. The Bertz CT molecular complexity index is 914. The highest BCUT2D eigenvalue weighted by atomic mass is 32.2. The number of nitrogens with zero attached hydrogens (tertiary/aromatic N) is 2. The molecule has 6 nitrogen and oxygen atoms in total. The summed E-state index contributed by atoms with van der Waals surface area (Å²) in [6.07, 6.45) is 2.04. The second-order valence-electron chi connectivity index (χ2n) is 6.62. The monoisotopic (exact) mass is 384 g/mol. The van der Waals surface area contributed by atoms with Gasteiger partial charge in [0.15, 0.2) is 0 Å². The fourth-order valence-electron chi connectivity index (χ4n) is 3.42. The molecule has 0 spiro atoms. The minimum Gasteiger partial charge on any atom is -0.364 e. The van der Waals surface area contributed by atoms with Crippen LogP contribution in [0.5, 0.6) is 0 Å². The van der Waals surface area contributed by atoms with Crippen LogP contribution in [-0.2, 0) is 16.6 Å². The molecule has 142 valence electrons. The number of nitriles is 1. The smallest absolute Gasteiger partial charge is 0.240 e. The molecule has 7 heteroatoms. The highest BCUT2D eigenvalue weighted by molar-refractivity contribution is 7.89. The molecule has 2 N–H and O–H groups in total. The Morgan fingerprint density at radius 2 is 1.89 bits per heavy atom. The van der Waals surface area contributed by atoms with Crippen LogP contribution in [0.4, 0.5) is 5.69 Å². The van der Waals surface area contributed by atoms with Crippen molar-refractivity contribution in [2.75, 3.05) is 25.0 Å². The fourth-order valence-corrected chi connectivity index (χ4v) is 4.15. The van der Waals surface area contributed by atoms with Crippen molar-refractivity contribution in [3.8, 4) is 6.07 Å². The maximum absolute atomic E-state index is 12.0. The molecular weight excluding hydrogens is 360 g/mol. The van der Waals surface area contributed by atoms with Gasteiger partial charge in [-0.25, -0.2) is 13.1 Å². The molecule has 1 heterocycles. The normalized spacial score (nSPS) is 15.3. The average Bonchev–Trinajstić information content (AvgIpc) is 2.73. The van der Waals surface area contributed by atoms with Crippen molar-refractivity contribution in [2.24, 2.45) is 0 Å². The van der Waals surface area contributed by atoms with Crippen molar-refractivity contribution in [1.82, 2.24) is 10.0 Å². The van der Waals surface area contributed by atoms with Crippen molar-refractivity contribution in [3.05, 3.63) is 59.7 Å². The van der Waals surface area contributed by atoms with Gasteiger partial charge in [-0.3, -0.25) is 0 Å². The van der Waals surface area contributed by atoms with E-state index in [1.54, 1.807) is 18.2 Å². The van der Waals surface area contributed by atoms with E-state index < -0.39 is 10.0 Å². The minimum atomic E-state index is -3.45. The van der Waals surface area contributed by atoms with Crippen LogP contribution in [0.1, 0.15) is 24.0 Å². The Hall–Kier alpha value is -2.40. The summed E-state index contributed by atoms with van der Waals surface area (Å²) in [6.45, 7) is 2.61. The molecule has 1 aliphatic heterocycles. The van der Waals surface area contributed by atoms with Gasteiger partial charge in [-0.1, -0.05) is 12.1 Å². The number of nitrogens with one attached hydrogen (secondary N) is 2. The molecule has 0 bridgehead atoms. The van der Waals surface area contributed by atoms with Crippen molar-refractivity contribution in [3.63, 3.8) is 0 Å². The number of rotatable bonds is 6. The van der Waals surface area contributed by atoms with Gasteiger partial charge in [0.05, 0.1) is 16.5 Å². The van der Waals surface area contributed by atoms with Crippen LogP contribution in [0, 0.1) is 11.3 Å². The standard InChI is InChI=1S/C20H24N4O2S/c1-22-27(25,26)20-7-5-18(6-8-20)24(19-9-11-23-12-10-19)15-17-4-2-3-16(13-17)14-21/h2-8,13,19,22-23H,9-12,15H2,1H3. The van der Waals surface area contributed by atoms with E-state index in [1.807, 2.05) is 30.3 Å². The predicted molar refractivity (Wildman–Crippen MR) is 106 cm³/mol. The molecule has 27 heavy (non-hydrogen) atoms. The molecule has 0 saturated carbocycles. The largest absolute Gasteiger partial charge is 0.364 e. The molecule has 1 saturated heterocycles. The zero-order valence-corrected chi connectivity index (χ0v) is 16.2. The van der Waals surface area contributed by atoms with Crippen LogP contribution in [0.15, 0.2) is 53.4 Å². The third-order valence-electron chi connectivity index (χ3n) is 4.91. The Morgan fingerprint density at radius 1 is 1.19 bits per heavy atom. The van der Waals surface area contributed by atoms with Gasteiger partial charge >= 0.3 is 0 Å². The third kappa shape index (κ3) is 4.66. The quantitative estimate of drug-likeness (QED) is 0.798. The molecule has 0 aliphatic carbocycles. The predicted octanol–water partition coefficient (Wildman–Crippen LogP) is 2.22.